The quantitative estimate of drug-likeness (QED) is 0.104. The monoisotopic (exact) mass is 678 g/mol. The summed E-state index contributed by atoms with van der Waals surface area (Å²) in [5, 5.41) is 0.0821. The topological polar surface area (TPSA) is 105 Å². The van der Waals surface area contributed by atoms with E-state index in [1.165, 1.54) is 28.1 Å². The van der Waals surface area contributed by atoms with Gasteiger partial charge < -0.3 is 13.9 Å². The zero-order chi connectivity index (χ0) is 35.6. The molecule has 9 nitrogen and oxygen atoms in total. The third-order valence-corrected chi connectivity index (χ3v) is 13.3. The normalized spacial score (nSPS) is 12.6. The van der Waals surface area contributed by atoms with Gasteiger partial charge in [-0.1, -0.05) is 72.9 Å². The van der Waals surface area contributed by atoms with Gasteiger partial charge in [-0.05, 0) is 81.3 Å². The number of unbranched alkanes of at least 4 members (excludes halogenated alkanes) is 1. The first-order chi connectivity index (χ1) is 22.6. The molecule has 48 heavy (non-hydrogen) atoms. The molecule has 3 rings (SSSR count). The van der Waals surface area contributed by atoms with Crippen LogP contribution in [0.25, 0.3) is 5.95 Å². The Morgan fingerprint density at radius 1 is 0.958 bits per heavy atom. The highest BCUT2D eigenvalue weighted by Crippen LogP contribution is 2.40. The molecule has 1 unspecified atom stereocenters. The van der Waals surface area contributed by atoms with Crippen molar-refractivity contribution in [2.24, 2.45) is 0 Å². The van der Waals surface area contributed by atoms with Crippen molar-refractivity contribution in [2.75, 3.05) is 6.61 Å². The number of aromatic nitrogens is 4. The maximum atomic E-state index is 14.4. The number of carbonyl (C=O) groups excluding carboxylic acids is 1. The van der Waals surface area contributed by atoms with Crippen LogP contribution in [0.1, 0.15) is 121 Å². The molecule has 0 aliphatic rings. The second-order valence-electron chi connectivity index (χ2n) is 14.3. The van der Waals surface area contributed by atoms with Gasteiger partial charge in [-0.3, -0.25) is 9.59 Å². The molecule has 0 radical (unpaired) electrons. The van der Waals surface area contributed by atoms with E-state index in [0.29, 0.717) is 30.2 Å². The molecule has 0 N–H and O–H groups in total. The first-order valence-electron chi connectivity index (χ1n) is 17.7. The van der Waals surface area contributed by atoms with Crippen molar-refractivity contribution >= 4 is 14.3 Å². The molecule has 0 spiro atoms. The third kappa shape index (κ3) is 10.00. The van der Waals surface area contributed by atoms with Crippen molar-refractivity contribution in [3.63, 3.8) is 0 Å². The summed E-state index contributed by atoms with van der Waals surface area (Å²) in [7, 11) is -2.07. The zero-order valence-corrected chi connectivity index (χ0v) is 32.3. The summed E-state index contributed by atoms with van der Waals surface area (Å²) >= 11 is 0. The van der Waals surface area contributed by atoms with Crippen molar-refractivity contribution in [1.29, 1.82) is 0 Å². The summed E-state index contributed by atoms with van der Waals surface area (Å²) in [6.07, 6.45) is 9.71. The smallest absolute Gasteiger partial charge is 0.309 e. The number of rotatable bonds is 17. The molecule has 3 aromatic rings. The number of aryl methyl sites for hydroxylation is 4. The highest BCUT2D eigenvalue weighted by molar-refractivity contribution is 6.74. The van der Waals surface area contributed by atoms with Crippen LogP contribution in [0.5, 0.6) is 11.5 Å². The maximum Gasteiger partial charge on any atom is 0.309 e. The minimum Gasteiger partial charge on any atom is -0.543 e. The second kappa shape index (κ2) is 17.2. The van der Waals surface area contributed by atoms with E-state index in [1.54, 1.807) is 13.8 Å². The fraction of sp³-hybridized carbons (Fsp3) is 0.605. The van der Waals surface area contributed by atoms with Gasteiger partial charge in [0.15, 0.2) is 5.75 Å². The van der Waals surface area contributed by atoms with Crippen LogP contribution in [0, 0.1) is 6.92 Å². The van der Waals surface area contributed by atoms with Crippen molar-refractivity contribution in [3.05, 3.63) is 68.7 Å². The van der Waals surface area contributed by atoms with Gasteiger partial charge in [0.05, 0.1) is 31.1 Å². The van der Waals surface area contributed by atoms with Crippen LogP contribution in [-0.2, 0) is 35.2 Å². The zero-order valence-electron chi connectivity index (χ0n) is 31.3. The second-order valence-corrected chi connectivity index (χ2v) is 19.0. The van der Waals surface area contributed by atoms with Gasteiger partial charge in [0.2, 0.25) is 5.95 Å². The molecule has 0 aliphatic heterocycles. The van der Waals surface area contributed by atoms with E-state index in [9.17, 15) is 9.59 Å². The highest BCUT2D eigenvalue weighted by Gasteiger charge is 2.40. The highest BCUT2D eigenvalue weighted by atomic mass is 28.4. The average Bonchev–Trinajstić information content (AvgIpc) is 3.00. The minimum absolute atomic E-state index is 0.0821. The lowest BCUT2D eigenvalue weighted by atomic mass is 9.94. The fourth-order valence-corrected chi connectivity index (χ4v) is 6.56. The minimum atomic E-state index is -2.07. The molecule has 1 atom stereocenters. The number of esters is 1. The number of hydrogen-bond acceptors (Lipinski definition) is 8. The van der Waals surface area contributed by atoms with E-state index >= 15 is 0 Å². The molecule has 2 aromatic heterocycles. The summed E-state index contributed by atoms with van der Waals surface area (Å²) < 4.78 is 19.3. The maximum absolute atomic E-state index is 14.4. The Morgan fingerprint density at radius 2 is 1.56 bits per heavy atom. The van der Waals surface area contributed by atoms with Crippen LogP contribution in [-0.4, -0.2) is 46.5 Å². The van der Waals surface area contributed by atoms with Gasteiger partial charge >= 0.3 is 5.97 Å². The number of carbonyl (C=O) groups is 1. The van der Waals surface area contributed by atoms with Crippen LogP contribution in [0.15, 0.2) is 29.3 Å². The molecule has 0 aliphatic carbocycles. The van der Waals surface area contributed by atoms with Gasteiger partial charge in [-0.2, -0.15) is 0 Å². The predicted octanol–water partition coefficient (Wildman–Crippen LogP) is 8.27. The van der Waals surface area contributed by atoms with E-state index < -0.39 is 14.4 Å². The van der Waals surface area contributed by atoms with E-state index in [4.69, 9.17) is 18.9 Å². The number of ether oxygens (including phenoxy) is 2. The van der Waals surface area contributed by atoms with Crippen LogP contribution in [0.3, 0.4) is 0 Å². The lowest BCUT2D eigenvalue weighted by Crippen LogP contribution is -2.44. The molecule has 1 aromatic carbocycles. The molecular formula is C38H58N4O5Si. The van der Waals surface area contributed by atoms with Gasteiger partial charge in [0.1, 0.15) is 17.7 Å². The predicted molar refractivity (Wildman–Crippen MR) is 195 cm³/mol. The van der Waals surface area contributed by atoms with Gasteiger partial charge in [-0.25, -0.2) is 19.5 Å². The van der Waals surface area contributed by atoms with Crippen LogP contribution in [0.4, 0.5) is 0 Å². The van der Waals surface area contributed by atoms with E-state index in [2.05, 4.69) is 76.7 Å². The molecule has 2 heterocycles. The Labute approximate surface area is 289 Å². The Morgan fingerprint density at radius 3 is 2.08 bits per heavy atom. The molecule has 0 saturated heterocycles. The summed E-state index contributed by atoms with van der Waals surface area (Å²) in [5.41, 5.74) is 4.87. The summed E-state index contributed by atoms with van der Waals surface area (Å²) in [5.74, 6) is 1.89. The van der Waals surface area contributed by atoms with Crippen LogP contribution < -0.4 is 14.7 Å². The summed E-state index contributed by atoms with van der Waals surface area (Å²) in [4.78, 5) is 40.1. The van der Waals surface area contributed by atoms with E-state index in [-0.39, 0.29) is 28.9 Å². The summed E-state index contributed by atoms with van der Waals surface area (Å²) in [6, 6.07) is 4.50. The molecule has 10 heteroatoms. The molecule has 0 saturated carbocycles. The molecule has 0 amide bonds. The SMILES string of the molecule is CCCCc1nc(C)n(-c2ncc(OC(C)CC(=O)OCC)cn2)c(=O)c1Cc1cc(CCC)c(O[Si](C)(C)C(C)(C)C)c(CCC)c1. The Hall–Kier alpha value is -3.53. The molecule has 0 bridgehead atoms. The van der Waals surface area contributed by atoms with Crippen LogP contribution in [0.2, 0.25) is 18.1 Å². The number of nitrogens with zero attached hydrogens (tertiary/aromatic N) is 4. The average molecular weight is 679 g/mol. The van der Waals surface area contributed by atoms with Crippen molar-refractivity contribution < 1.29 is 18.7 Å². The standard InChI is InChI=1S/C38H58N4O5Si/c1-12-16-19-33-32(23-28-21-29(17-13-2)35(30(22-28)18-14-3)47-48(10,11)38(7,8)9)36(44)42(27(6)41-33)37-39-24-31(25-40-37)46-26(5)20-34(43)45-15-4/h21-22,24-26H,12-20,23H2,1-11H3. The van der Waals surface area contributed by atoms with Crippen molar-refractivity contribution in [2.45, 2.75) is 144 Å². The van der Waals surface area contributed by atoms with Gasteiger partial charge in [0, 0.05) is 12.0 Å². The fourth-order valence-electron chi connectivity index (χ4n) is 5.48. The Bertz CT molecular complexity index is 1550. The first kappa shape index (κ1) is 38.9. The molecule has 0 fully saturated rings. The Kier molecular flexibility index (Phi) is 14.0. The third-order valence-electron chi connectivity index (χ3n) is 8.99. The van der Waals surface area contributed by atoms with Crippen molar-refractivity contribution in [1.82, 2.24) is 19.5 Å². The van der Waals surface area contributed by atoms with Gasteiger partial charge in [-0.15, -0.1) is 0 Å². The first-order valence-corrected chi connectivity index (χ1v) is 20.7. The van der Waals surface area contributed by atoms with E-state index in [1.807, 2.05) is 6.92 Å². The molecule has 264 valence electrons. The molecular weight excluding hydrogens is 621 g/mol. The Balaban J connectivity index is 2.07. The van der Waals surface area contributed by atoms with Crippen molar-refractivity contribution in [3.8, 4) is 17.4 Å². The van der Waals surface area contributed by atoms with Crippen LogP contribution >= 0.6 is 0 Å². The van der Waals surface area contributed by atoms with Gasteiger partial charge in [0.25, 0.3) is 13.9 Å². The largest absolute Gasteiger partial charge is 0.543 e. The number of benzene rings is 1. The lowest BCUT2D eigenvalue weighted by Gasteiger charge is -2.38. The van der Waals surface area contributed by atoms with E-state index in [0.717, 1.165) is 62.0 Å². The number of hydrogen-bond donors (Lipinski definition) is 0. The summed E-state index contributed by atoms with van der Waals surface area (Å²) in [6.45, 7) is 23.7. The lowest BCUT2D eigenvalue weighted by molar-refractivity contribution is -0.144.